The molecular weight excluding hydrogens is 400 g/mol. The van der Waals surface area contributed by atoms with Crippen molar-refractivity contribution in [3.8, 4) is 0 Å². The number of ether oxygens (including phenoxy) is 1. The summed E-state index contributed by atoms with van der Waals surface area (Å²) in [6, 6.07) is 0. The van der Waals surface area contributed by atoms with E-state index in [0.29, 0.717) is 6.61 Å². The number of nitrogens with one attached hydrogen (secondary N) is 1. The summed E-state index contributed by atoms with van der Waals surface area (Å²) in [6.07, 6.45) is 22.1. The maximum absolute atomic E-state index is 11.0. The molecule has 0 bridgehead atoms. The van der Waals surface area contributed by atoms with Crippen molar-refractivity contribution in [2.45, 2.75) is 110 Å². The second-order valence-corrected chi connectivity index (χ2v) is 8.28. The van der Waals surface area contributed by atoms with Crippen molar-refractivity contribution < 1.29 is 31.9 Å². The molecule has 0 amide bonds. The average Bonchev–Trinajstić information content (AvgIpc) is 3.19. The van der Waals surface area contributed by atoms with Gasteiger partial charge in [-0.15, -0.1) is 0 Å². The lowest BCUT2D eigenvalue weighted by Crippen LogP contribution is -3.06. The Morgan fingerprint density at radius 1 is 0.900 bits per heavy atom. The molecule has 1 atom stereocenters. The summed E-state index contributed by atoms with van der Waals surface area (Å²) in [5, 5.41) is 8.57. The molecule has 1 heterocycles. The number of hydrogen-bond acceptors (Lipinski definition) is 4. The number of aliphatic hydroxyl groups is 1. The lowest BCUT2D eigenvalue weighted by Gasteiger charge is -2.04. The number of likely N-dealkylation sites (N-methyl/N-ethyl adjacent to an activating group) is 1. The van der Waals surface area contributed by atoms with Crippen molar-refractivity contribution in [2.24, 2.45) is 4.99 Å². The van der Waals surface area contributed by atoms with Crippen LogP contribution in [0.3, 0.4) is 0 Å². The lowest BCUT2D eigenvalue weighted by atomic mass is 10.0. The molecule has 0 aromatic heterocycles. The van der Waals surface area contributed by atoms with E-state index in [1.54, 1.807) is 0 Å². The molecule has 0 aromatic rings. The third-order valence-electron chi connectivity index (χ3n) is 5.27. The molecule has 1 aliphatic rings. The van der Waals surface area contributed by atoms with Crippen LogP contribution in [0.25, 0.3) is 0 Å². The normalized spacial score (nSPS) is 14.7. The van der Waals surface area contributed by atoms with Crippen molar-refractivity contribution in [3.63, 3.8) is 0 Å². The number of aliphatic imine (C=N–C) groups is 1. The number of quaternary nitrogens is 1. The largest absolute Gasteiger partial charge is 1.00 e. The van der Waals surface area contributed by atoms with Gasteiger partial charge < -0.3 is 22.3 Å². The van der Waals surface area contributed by atoms with Gasteiger partial charge >= 0.3 is 5.97 Å². The molecular formula is C24H49ClN2O3. The second kappa shape index (κ2) is 26.4. The first-order chi connectivity index (χ1) is 14.2. The van der Waals surface area contributed by atoms with E-state index in [4.69, 9.17) is 9.84 Å². The van der Waals surface area contributed by atoms with E-state index in [2.05, 4.69) is 19.0 Å². The smallest absolute Gasteiger partial charge is 0.308 e. The van der Waals surface area contributed by atoms with Crippen LogP contribution in [-0.2, 0) is 9.53 Å². The molecule has 0 spiro atoms. The van der Waals surface area contributed by atoms with Crippen molar-refractivity contribution in [1.29, 1.82) is 0 Å². The standard InChI is InChI=1S/C20H40O3.C4H8N2.ClH/c1-2-3-4-5-6-7-8-9-10-11-12-13-14-15-16-19-23-20(22)17-18-21;1-6-3-2-5-4-6;/h21H,2-19H2,1H3;4H,2-3H2,1H3;1H. The van der Waals surface area contributed by atoms with Crippen molar-refractivity contribution in [3.05, 3.63) is 0 Å². The van der Waals surface area contributed by atoms with E-state index in [1.807, 2.05) is 6.34 Å². The Labute approximate surface area is 192 Å². The second-order valence-electron chi connectivity index (χ2n) is 8.28. The van der Waals surface area contributed by atoms with Crippen molar-refractivity contribution >= 4 is 12.3 Å². The van der Waals surface area contributed by atoms with Crippen LogP contribution >= 0.6 is 0 Å². The zero-order valence-electron chi connectivity index (χ0n) is 19.8. The molecule has 0 aliphatic carbocycles. The first kappa shape index (κ1) is 31.5. The van der Waals surface area contributed by atoms with Crippen LogP contribution in [0, 0.1) is 0 Å². The van der Waals surface area contributed by atoms with Gasteiger partial charge in [0.25, 0.3) is 0 Å². The van der Waals surface area contributed by atoms with Gasteiger partial charge in [0, 0.05) is 0 Å². The molecule has 0 aromatic carbocycles. The molecule has 0 saturated heterocycles. The highest BCUT2D eigenvalue weighted by Crippen LogP contribution is 2.13. The topological polar surface area (TPSA) is 63.3 Å². The predicted octanol–water partition coefficient (Wildman–Crippen LogP) is 1.33. The molecule has 5 nitrogen and oxygen atoms in total. The number of aliphatic hydroxyl groups excluding tert-OH is 1. The van der Waals surface area contributed by atoms with Crippen LogP contribution in [0.1, 0.15) is 110 Å². The highest BCUT2D eigenvalue weighted by molar-refractivity contribution is 5.69. The summed E-state index contributed by atoms with van der Waals surface area (Å²) in [6.45, 7) is 4.87. The van der Waals surface area contributed by atoms with E-state index in [0.717, 1.165) is 19.4 Å². The van der Waals surface area contributed by atoms with E-state index in [-0.39, 0.29) is 31.4 Å². The average molecular weight is 449 g/mol. The number of nitrogens with zero attached hydrogens (tertiary/aromatic N) is 1. The summed E-state index contributed by atoms with van der Waals surface area (Å²) in [7, 11) is 2.11. The van der Waals surface area contributed by atoms with Gasteiger partial charge in [-0.2, -0.15) is 0 Å². The third kappa shape index (κ3) is 25.4. The van der Waals surface area contributed by atoms with E-state index < -0.39 is 0 Å². The number of carbonyl (C=O) groups excluding carboxylic acids is 1. The monoisotopic (exact) mass is 448 g/mol. The maximum atomic E-state index is 11.0. The van der Waals surface area contributed by atoms with Crippen LogP contribution in [0.2, 0.25) is 0 Å². The fraction of sp³-hybridized carbons (Fsp3) is 0.917. The number of carbonyl (C=O) groups is 1. The number of rotatable bonds is 18. The first-order valence-corrected chi connectivity index (χ1v) is 12.3. The van der Waals surface area contributed by atoms with Gasteiger partial charge in [-0.1, -0.05) is 96.8 Å². The number of halogens is 1. The first-order valence-electron chi connectivity index (χ1n) is 12.3. The van der Waals surface area contributed by atoms with Crippen LogP contribution in [0.4, 0.5) is 0 Å². The fourth-order valence-electron chi connectivity index (χ4n) is 3.35. The molecule has 6 heteroatoms. The van der Waals surface area contributed by atoms with E-state index >= 15 is 0 Å². The van der Waals surface area contributed by atoms with Crippen LogP contribution in [0.5, 0.6) is 0 Å². The minimum Gasteiger partial charge on any atom is -1.00 e. The van der Waals surface area contributed by atoms with Gasteiger partial charge in [-0.25, -0.2) is 4.99 Å². The Hall–Kier alpha value is -0.650. The molecule has 0 saturated carbocycles. The summed E-state index contributed by atoms with van der Waals surface area (Å²) >= 11 is 0. The zero-order valence-corrected chi connectivity index (χ0v) is 20.6. The number of hydrogen-bond donors (Lipinski definition) is 2. The van der Waals surface area contributed by atoms with E-state index in [9.17, 15) is 4.79 Å². The van der Waals surface area contributed by atoms with Gasteiger partial charge in [-0.3, -0.25) is 9.69 Å². The minimum absolute atomic E-state index is 0. The van der Waals surface area contributed by atoms with Gasteiger partial charge in [0.05, 0.1) is 33.2 Å². The number of unbranched alkanes of at least 4 members (excludes halogenated alkanes) is 14. The van der Waals surface area contributed by atoms with Crippen LogP contribution in [-0.4, -0.2) is 50.8 Å². The Kier molecular flexibility index (Phi) is 27.7. The lowest BCUT2D eigenvalue weighted by molar-refractivity contribution is -0.766. The Morgan fingerprint density at radius 2 is 1.37 bits per heavy atom. The Morgan fingerprint density at radius 3 is 1.70 bits per heavy atom. The van der Waals surface area contributed by atoms with Crippen molar-refractivity contribution in [1.82, 2.24) is 0 Å². The highest BCUT2D eigenvalue weighted by Gasteiger charge is 2.01. The highest BCUT2D eigenvalue weighted by atomic mass is 35.5. The zero-order chi connectivity index (χ0) is 21.4. The number of esters is 1. The van der Waals surface area contributed by atoms with E-state index in [1.165, 1.54) is 94.9 Å². The molecule has 180 valence electrons. The SMILES string of the molecule is CCCCCCCCCCCCCCCCCOC(=O)CCO.C[NH+]1C=NCC1.[Cl-]. The maximum Gasteiger partial charge on any atom is 0.308 e. The Bertz CT molecular complexity index is 381. The van der Waals surface area contributed by atoms with Crippen molar-refractivity contribution in [2.75, 3.05) is 33.4 Å². The van der Waals surface area contributed by atoms with Crippen LogP contribution in [0.15, 0.2) is 4.99 Å². The summed E-state index contributed by atoms with van der Waals surface area (Å²) < 4.78 is 5.00. The predicted molar refractivity (Wildman–Crippen MR) is 123 cm³/mol. The minimum atomic E-state index is -0.280. The summed E-state index contributed by atoms with van der Waals surface area (Å²) in [4.78, 5) is 16.4. The Balaban J connectivity index is 0. The van der Waals surface area contributed by atoms with Crippen LogP contribution < -0.4 is 17.3 Å². The van der Waals surface area contributed by atoms with Gasteiger partial charge in [0.1, 0.15) is 6.54 Å². The molecule has 1 unspecified atom stereocenters. The van der Waals surface area contributed by atoms with Gasteiger partial charge in [-0.05, 0) is 6.42 Å². The summed E-state index contributed by atoms with van der Waals surface area (Å²) in [5.41, 5.74) is 0. The third-order valence-corrected chi connectivity index (χ3v) is 5.27. The van der Waals surface area contributed by atoms with Gasteiger partial charge in [0.2, 0.25) is 0 Å². The fourth-order valence-corrected chi connectivity index (χ4v) is 3.35. The molecule has 1 aliphatic heterocycles. The molecule has 0 radical (unpaired) electrons. The quantitative estimate of drug-likeness (QED) is 0.245. The molecule has 2 N–H and O–H groups in total. The molecule has 30 heavy (non-hydrogen) atoms. The molecule has 1 rings (SSSR count). The molecule has 0 fully saturated rings. The van der Waals surface area contributed by atoms with Gasteiger partial charge in [0.15, 0.2) is 6.34 Å². The summed E-state index contributed by atoms with van der Waals surface area (Å²) in [5.74, 6) is -0.280.